The van der Waals surface area contributed by atoms with Crippen molar-refractivity contribution in [2.45, 2.75) is 32.3 Å². The molecular weight excluding hydrogens is 112 g/mol. The zero-order chi connectivity index (χ0) is 6.91. The Morgan fingerprint density at radius 2 is 2.44 bits per heavy atom. The molecule has 1 atom stereocenters. The molecule has 0 fully saturated rings. The van der Waals surface area contributed by atoms with Gasteiger partial charge >= 0.3 is 0 Å². The van der Waals surface area contributed by atoms with Crippen LogP contribution in [0.1, 0.15) is 26.7 Å². The summed E-state index contributed by atoms with van der Waals surface area (Å²) in [6.07, 6.45) is 5.80. The van der Waals surface area contributed by atoms with Crippen LogP contribution in [-0.2, 0) is 0 Å². The van der Waals surface area contributed by atoms with Crippen molar-refractivity contribution < 1.29 is 5.11 Å². The Balaban J connectivity index is 2.69. The summed E-state index contributed by atoms with van der Waals surface area (Å²) < 4.78 is 0. The standard InChI is InChI=1S/C8H13O/c1-3-7-5-4-6-8(7,2)9/h4-5,9H,3,6H2,1-2H3. The Bertz CT molecular complexity index is 134. The molecule has 0 saturated carbocycles. The fraction of sp³-hybridized carbons (Fsp3) is 0.625. The fourth-order valence-corrected chi connectivity index (χ4v) is 1.24. The van der Waals surface area contributed by atoms with Crippen LogP contribution in [0.3, 0.4) is 0 Å². The van der Waals surface area contributed by atoms with Crippen molar-refractivity contribution >= 4 is 0 Å². The molecule has 1 rings (SSSR count). The third kappa shape index (κ3) is 1.16. The molecule has 1 aliphatic rings. The lowest BCUT2D eigenvalue weighted by Crippen LogP contribution is -2.22. The van der Waals surface area contributed by atoms with Crippen LogP contribution in [0.25, 0.3) is 0 Å². The van der Waals surface area contributed by atoms with Crippen molar-refractivity contribution in [1.29, 1.82) is 0 Å². The molecule has 1 unspecified atom stereocenters. The topological polar surface area (TPSA) is 20.2 Å². The molecule has 9 heavy (non-hydrogen) atoms. The zero-order valence-corrected chi connectivity index (χ0v) is 6.02. The monoisotopic (exact) mass is 125 g/mol. The first-order valence-electron chi connectivity index (χ1n) is 3.42. The predicted molar refractivity (Wildman–Crippen MR) is 37.9 cm³/mol. The summed E-state index contributed by atoms with van der Waals surface area (Å²) in [4.78, 5) is 0. The third-order valence-corrected chi connectivity index (χ3v) is 1.91. The smallest absolute Gasteiger partial charge is 0.0834 e. The summed E-state index contributed by atoms with van der Waals surface area (Å²) in [7, 11) is 0. The molecule has 0 amide bonds. The van der Waals surface area contributed by atoms with E-state index in [-0.39, 0.29) is 0 Å². The van der Waals surface area contributed by atoms with E-state index in [0.29, 0.717) is 0 Å². The van der Waals surface area contributed by atoms with Crippen molar-refractivity contribution in [3.63, 3.8) is 0 Å². The molecule has 51 valence electrons. The van der Waals surface area contributed by atoms with Crippen molar-refractivity contribution in [2.75, 3.05) is 0 Å². The van der Waals surface area contributed by atoms with Crippen molar-refractivity contribution in [2.24, 2.45) is 0 Å². The zero-order valence-electron chi connectivity index (χ0n) is 6.02. The quantitative estimate of drug-likeness (QED) is 0.565. The first kappa shape index (κ1) is 6.81. The van der Waals surface area contributed by atoms with Crippen molar-refractivity contribution in [3.8, 4) is 0 Å². The van der Waals surface area contributed by atoms with Gasteiger partial charge in [0.15, 0.2) is 0 Å². The van der Waals surface area contributed by atoms with E-state index in [9.17, 15) is 5.11 Å². The summed E-state index contributed by atoms with van der Waals surface area (Å²) >= 11 is 0. The van der Waals surface area contributed by atoms with Crippen LogP contribution in [0.15, 0.2) is 11.6 Å². The van der Waals surface area contributed by atoms with Gasteiger partial charge in [0.2, 0.25) is 0 Å². The highest BCUT2D eigenvalue weighted by atomic mass is 16.3. The number of aliphatic hydroxyl groups is 1. The highest BCUT2D eigenvalue weighted by molar-refractivity contribution is 5.26. The summed E-state index contributed by atoms with van der Waals surface area (Å²) in [6.45, 7) is 3.94. The lowest BCUT2D eigenvalue weighted by molar-refractivity contribution is 0.103. The molecular formula is C8H13O. The van der Waals surface area contributed by atoms with Gasteiger partial charge in [-0.05, 0) is 31.8 Å². The van der Waals surface area contributed by atoms with Crippen LogP contribution in [0, 0.1) is 6.42 Å². The minimum atomic E-state index is -0.533. The van der Waals surface area contributed by atoms with Gasteiger partial charge in [0, 0.05) is 0 Å². The number of rotatable bonds is 1. The van der Waals surface area contributed by atoms with Crippen molar-refractivity contribution in [3.05, 3.63) is 18.1 Å². The van der Waals surface area contributed by atoms with Crippen LogP contribution < -0.4 is 0 Å². The highest BCUT2D eigenvalue weighted by Crippen LogP contribution is 2.30. The molecule has 0 heterocycles. The summed E-state index contributed by atoms with van der Waals surface area (Å²) in [5, 5.41) is 9.55. The average Bonchev–Trinajstić information content (AvgIpc) is 2.08. The molecule has 0 aliphatic heterocycles. The van der Waals surface area contributed by atoms with Gasteiger partial charge in [0.05, 0.1) is 5.60 Å². The number of hydrogen-bond donors (Lipinski definition) is 1. The van der Waals surface area contributed by atoms with E-state index in [1.807, 2.05) is 19.4 Å². The second kappa shape index (κ2) is 2.14. The Kier molecular flexibility index (Phi) is 1.62. The maximum Gasteiger partial charge on any atom is 0.0834 e. The molecule has 0 bridgehead atoms. The molecule has 0 aromatic heterocycles. The first-order valence-corrected chi connectivity index (χ1v) is 3.42. The Morgan fingerprint density at radius 1 is 1.78 bits per heavy atom. The second-order valence-corrected chi connectivity index (χ2v) is 2.76. The van der Waals surface area contributed by atoms with Gasteiger partial charge in [-0.25, -0.2) is 0 Å². The van der Waals surface area contributed by atoms with Crippen LogP contribution >= 0.6 is 0 Å². The fourth-order valence-electron chi connectivity index (χ4n) is 1.24. The predicted octanol–water partition coefficient (Wildman–Crippen LogP) is 1.68. The Hall–Kier alpha value is -0.300. The summed E-state index contributed by atoms with van der Waals surface area (Å²) in [5.74, 6) is 0. The summed E-state index contributed by atoms with van der Waals surface area (Å²) in [6, 6.07) is 0. The van der Waals surface area contributed by atoms with E-state index in [4.69, 9.17) is 0 Å². The Morgan fingerprint density at radius 3 is 2.67 bits per heavy atom. The molecule has 1 aliphatic carbocycles. The van der Waals surface area contributed by atoms with E-state index in [2.05, 4.69) is 6.92 Å². The average molecular weight is 125 g/mol. The van der Waals surface area contributed by atoms with Gasteiger partial charge < -0.3 is 5.11 Å². The molecule has 0 aromatic rings. The highest BCUT2D eigenvalue weighted by Gasteiger charge is 2.27. The molecule has 0 aromatic carbocycles. The maximum absolute atomic E-state index is 9.55. The second-order valence-electron chi connectivity index (χ2n) is 2.76. The molecule has 1 nitrogen and oxygen atoms in total. The molecule has 1 heteroatoms. The van der Waals surface area contributed by atoms with Gasteiger partial charge in [-0.3, -0.25) is 0 Å². The molecule has 0 spiro atoms. The molecule has 1 N–H and O–H groups in total. The molecule has 0 saturated heterocycles. The van der Waals surface area contributed by atoms with Crippen LogP contribution in [-0.4, -0.2) is 10.7 Å². The van der Waals surface area contributed by atoms with Crippen LogP contribution in [0.2, 0.25) is 0 Å². The van der Waals surface area contributed by atoms with Gasteiger partial charge in [-0.1, -0.05) is 13.0 Å². The Labute approximate surface area is 56.4 Å². The van der Waals surface area contributed by atoms with Gasteiger partial charge in [-0.15, -0.1) is 0 Å². The normalized spacial score (nSPS) is 34.8. The number of allylic oxidation sites excluding steroid dienone is 1. The van der Waals surface area contributed by atoms with E-state index >= 15 is 0 Å². The minimum absolute atomic E-state index is 0.533. The molecule has 1 radical (unpaired) electrons. The van der Waals surface area contributed by atoms with Crippen molar-refractivity contribution in [1.82, 2.24) is 0 Å². The first-order chi connectivity index (χ1) is 4.17. The van der Waals surface area contributed by atoms with E-state index in [1.54, 1.807) is 0 Å². The van der Waals surface area contributed by atoms with E-state index in [1.165, 1.54) is 0 Å². The van der Waals surface area contributed by atoms with Gasteiger partial charge in [0.25, 0.3) is 0 Å². The van der Waals surface area contributed by atoms with Crippen LogP contribution in [0.4, 0.5) is 0 Å². The minimum Gasteiger partial charge on any atom is -0.386 e. The third-order valence-electron chi connectivity index (χ3n) is 1.91. The SMILES string of the molecule is CCC1=C[CH]CC1(C)O. The lowest BCUT2D eigenvalue weighted by atomic mass is 9.97. The summed E-state index contributed by atoms with van der Waals surface area (Å²) in [5.41, 5.74) is 0.622. The van der Waals surface area contributed by atoms with E-state index in [0.717, 1.165) is 18.4 Å². The van der Waals surface area contributed by atoms with Crippen LogP contribution in [0.5, 0.6) is 0 Å². The lowest BCUT2D eigenvalue weighted by Gasteiger charge is -2.19. The maximum atomic E-state index is 9.55. The van der Waals surface area contributed by atoms with Gasteiger partial charge in [-0.2, -0.15) is 0 Å². The number of hydrogen-bond acceptors (Lipinski definition) is 1. The van der Waals surface area contributed by atoms with E-state index < -0.39 is 5.60 Å². The largest absolute Gasteiger partial charge is 0.386 e. The van der Waals surface area contributed by atoms with Gasteiger partial charge in [0.1, 0.15) is 0 Å².